The molecular weight excluding hydrogens is 385 g/mol. The zero-order valence-electron chi connectivity index (χ0n) is 14.7. The van der Waals surface area contributed by atoms with Crippen molar-refractivity contribution in [3.8, 4) is 11.5 Å². The standard InChI is InChI=1S/C20H15ClFN3OS/c1-11-7-8-13-9-14(18(21)23-17(13)12(11)2)10-27-20-25-24-19(26-20)15-5-3-4-6-16(15)22/h3-9H,10H2,1-2H3. The van der Waals surface area contributed by atoms with Gasteiger partial charge in [0.2, 0.25) is 0 Å². The molecule has 2 aromatic heterocycles. The van der Waals surface area contributed by atoms with E-state index in [9.17, 15) is 4.39 Å². The van der Waals surface area contributed by atoms with E-state index in [0.717, 1.165) is 22.0 Å². The number of benzene rings is 2. The maximum atomic E-state index is 13.8. The lowest BCUT2D eigenvalue weighted by Gasteiger charge is -2.08. The average Bonchev–Trinajstić information content (AvgIpc) is 3.13. The van der Waals surface area contributed by atoms with Crippen LogP contribution in [0.2, 0.25) is 5.15 Å². The van der Waals surface area contributed by atoms with E-state index in [1.165, 1.54) is 23.4 Å². The molecule has 4 aromatic rings. The summed E-state index contributed by atoms with van der Waals surface area (Å²) >= 11 is 7.71. The van der Waals surface area contributed by atoms with Crippen molar-refractivity contribution in [1.82, 2.24) is 15.2 Å². The third kappa shape index (κ3) is 3.55. The average molecular weight is 400 g/mol. The molecular formula is C20H15ClFN3OS. The third-order valence-corrected chi connectivity index (χ3v) is 5.59. The van der Waals surface area contributed by atoms with Gasteiger partial charge in [0.1, 0.15) is 11.0 Å². The first-order valence-electron chi connectivity index (χ1n) is 8.29. The van der Waals surface area contributed by atoms with Gasteiger partial charge in [0.05, 0.1) is 11.1 Å². The highest BCUT2D eigenvalue weighted by atomic mass is 35.5. The van der Waals surface area contributed by atoms with Crippen LogP contribution in [0.5, 0.6) is 0 Å². The van der Waals surface area contributed by atoms with Crippen LogP contribution in [0, 0.1) is 19.7 Å². The Morgan fingerprint density at radius 2 is 1.93 bits per heavy atom. The van der Waals surface area contributed by atoms with Crippen molar-refractivity contribution in [3.63, 3.8) is 0 Å². The van der Waals surface area contributed by atoms with Crippen LogP contribution >= 0.6 is 23.4 Å². The van der Waals surface area contributed by atoms with Gasteiger partial charge in [-0.2, -0.15) is 0 Å². The summed E-state index contributed by atoms with van der Waals surface area (Å²) in [5.74, 6) is 0.280. The second-order valence-corrected chi connectivity index (χ2v) is 7.44. The second-order valence-electron chi connectivity index (χ2n) is 6.16. The van der Waals surface area contributed by atoms with E-state index in [2.05, 4.69) is 28.2 Å². The molecule has 0 fully saturated rings. The lowest BCUT2D eigenvalue weighted by atomic mass is 10.0. The fraction of sp³-hybridized carbons (Fsp3) is 0.150. The monoisotopic (exact) mass is 399 g/mol. The van der Waals surface area contributed by atoms with Crippen molar-refractivity contribution in [2.24, 2.45) is 0 Å². The summed E-state index contributed by atoms with van der Waals surface area (Å²) in [6.45, 7) is 4.09. The zero-order chi connectivity index (χ0) is 19.0. The molecule has 0 amide bonds. The van der Waals surface area contributed by atoms with Crippen molar-refractivity contribution >= 4 is 34.3 Å². The molecule has 0 aliphatic heterocycles. The van der Waals surface area contributed by atoms with Crippen LogP contribution < -0.4 is 0 Å². The van der Waals surface area contributed by atoms with Gasteiger partial charge in [-0.1, -0.05) is 47.6 Å². The lowest BCUT2D eigenvalue weighted by molar-refractivity contribution is 0.463. The number of thioether (sulfide) groups is 1. The first kappa shape index (κ1) is 17.9. The molecule has 2 heterocycles. The Morgan fingerprint density at radius 1 is 1.11 bits per heavy atom. The van der Waals surface area contributed by atoms with E-state index in [4.69, 9.17) is 16.0 Å². The lowest BCUT2D eigenvalue weighted by Crippen LogP contribution is -1.92. The van der Waals surface area contributed by atoms with Gasteiger partial charge in [-0.3, -0.25) is 0 Å². The number of hydrogen-bond acceptors (Lipinski definition) is 5. The van der Waals surface area contributed by atoms with Crippen molar-refractivity contribution in [3.05, 3.63) is 70.1 Å². The van der Waals surface area contributed by atoms with Gasteiger partial charge in [0.25, 0.3) is 11.1 Å². The zero-order valence-corrected chi connectivity index (χ0v) is 16.2. The highest BCUT2D eigenvalue weighted by Crippen LogP contribution is 2.31. The Labute approximate surface area is 164 Å². The molecule has 27 heavy (non-hydrogen) atoms. The topological polar surface area (TPSA) is 51.8 Å². The third-order valence-electron chi connectivity index (χ3n) is 4.40. The maximum absolute atomic E-state index is 13.8. The first-order valence-corrected chi connectivity index (χ1v) is 9.66. The number of pyridine rings is 1. The number of aromatic nitrogens is 3. The fourth-order valence-corrected chi connectivity index (χ4v) is 3.78. The summed E-state index contributed by atoms with van der Waals surface area (Å²) in [6.07, 6.45) is 0. The van der Waals surface area contributed by atoms with E-state index < -0.39 is 5.82 Å². The minimum absolute atomic E-state index is 0.157. The number of rotatable bonds is 4. The predicted molar refractivity (Wildman–Crippen MR) is 105 cm³/mol. The Balaban J connectivity index is 1.57. The van der Waals surface area contributed by atoms with Crippen LogP contribution in [0.15, 0.2) is 52.1 Å². The molecule has 0 saturated carbocycles. The molecule has 0 N–H and O–H groups in total. The number of nitrogens with zero attached hydrogens (tertiary/aromatic N) is 3. The molecule has 0 spiro atoms. The van der Waals surface area contributed by atoms with Gasteiger partial charge in [-0.05, 0) is 43.2 Å². The van der Waals surface area contributed by atoms with Gasteiger partial charge >= 0.3 is 0 Å². The van der Waals surface area contributed by atoms with Crippen molar-refractivity contribution in [2.45, 2.75) is 24.8 Å². The highest BCUT2D eigenvalue weighted by Gasteiger charge is 2.14. The van der Waals surface area contributed by atoms with Gasteiger partial charge in [0, 0.05) is 16.7 Å². The van der Waals surface area contributed by atoms with E-state index in [1.807, 2.05) is 19.1 Å². The summed E-state index contributed by atoms with van der Waals surface area (Å²) in [6, 6.07) is 12.4. The Morgan fingerprint density at radius 3 is 2.74 bits per heavy atom. The van der Waals surface area contributed by atoms with Gasteiger partial charge in [-0.25, -0.2) is 9.37 Å². The molecule has 7 heteroatoms. The Bertz CT molecular complexity index is 1150. The summed E-state index contributed by atoms with van der Waals surface area (Å²) in [5, 5.41) is 9.75. The summed E-state index contributed by atoms with van der Waals surface area (Å²) in [7, 11) is 0. The molecule has 0 atom stereocenters. The van der Waals surface area contributed by atoms with Crippen LogP contribution in [0.1, 0.15) is 16.7 Å². The van der Waals surface area contributed by atoms with Crippen molar-refractivity contribution in [2.75, 3.05) is 0 Å². The van der Waals surface area contributed by atoms with Crippen LogP contribution in [-0.4, -0.2) is 15.2 Å². The Hall–Kier alpha value is -2.44. The highest BCUT2D eigenvalue weighted by molar-refractivity contribution is 7.98. The van der Waals surface area contributed by atoms with Crippen LogP contribution in [-0.2, 0) is 5.75 Å². The largest absolute Gasteiger partial charge is 0.411 e. The molecule has 4 rings (SSSR count). The van der Waals surface area contributed by atoms with Gasteiger partial charge in [0.15, 0.2) is 0 Å². The summed E-state index contributed by atoms with van der Waals surface area (Å²) in [4.78, 5) is 4.55. The van der Waals surface area contributed by atoms with Gasteiger partial charge in [-0.15, -0.1) is 10.2 Å². The van der Waals surface area contributed by atoms with Crippen LogP contribution in [0.25, 0.3) is 22.4 Å². The molecule has 0 bridgehead atoms. The molecule has 0 aliphatic carbocycles. The second kappa shape index (κ2) is 7.29. The molecule has 0 unspecified atom stereocenters. The molecule has 136 valence electrons. The normalized spacial score (nSPS) is 11.3. The minimum Gasteiger partial charge on any atom is -0.411 e. The van der Waals surface area contributed by atoms with Gasteiger partial charge < -0.3 is 4.42 Å². The predicted octanol–water partition coefficient (Wildman–Crippen LogP) is 5.99. The Kier molecular flexibility index (Phi) is 4.85. The number of aryl methyl sites for hydroxylation is 2. The number of halogens is 2. The van der Waals surface area contributed by atoms with Crippen molar-refractivity contribution < 1.29 is 8.81 Å². The summed E-state index contributed by atoms with van der Waals surface area (Å²) in [5.41, 5.74) is 4.38. The molecule has 2 aromatic carbocycles. The van der Waals surface area contributed by atoms with E-state index in [1.54, 1.807) is 18.2 Å². The SMILES string of the molecule is Cc1ccc2cc(CSc3nnc(-c4ccccc4F)o3)c(Cl)nc2c1C. The fourth-order valence-electron chi connectivity index (χ4n) is 2.76. The smallest absolute Gasteiger partial charge is 0.277 e. The van der Waals surface area contributed by atoms with Crippen LogP contribution in [0.3, 0.4) is 0 Å². The summed E-state index contributed by atoms with van der Waals surface area (Å²) < 4.78 is 19.4. The quantitative estimate of drug-likeness (QED) is 0.312. The van der Waals surface area contributed by atoms with E-state index >= 15 is 0 Å². The number of hydrogen-bond donors (Lipinski definition) is 0. The molecule has 4 nitrogen and oxygen atoms in total. The number of fused-ring (bicyclic) bond motifs is 1. The molecule has 0 aliphatic rings. The van der Waals surface area contributed by atoms with Crippen LogP contribution in [0.4, 0.5) is 4.39 Å². The molecule has 0 radical (unpaired) electrons. The molecule has 0 saturated heterocycles. The maximum Gasteiger partial charge on any atom is 0.277 e. The van der Waals surface area contributed by atoms with Crippen molar-refractivity contribution in [1.29, 1.82) is 0 Å². The van der Waals surface area contributed by atoms with E-state index in [0.29, 0.717) is 16.1 Å². The van der Waals surface area contributed by atoms with E-state index in [-0.39, 0.29) is 11.5 Å². The first-order chi connectivity index (χ1) is 13.0. The minimum atomic E-state index is -0.398.